The fraction of sp³-hybridized carbons (Fsp3) is 0.0909. The number of rotatable bonds is 3. The quantitative estimate of drug-likeness (QED) is 0.519. The van der Waals surface area contributed by atoms with E-state index >= 15 is 0 Å². The fourth-order valence-electron chi connectivity index (χ4n) is 1.46. The van der Waals surface area contributed by atoms with Gasteiger partial charge in [-0.1, -0.05) is 12.1 Å². The van der Waals surface area contributed by atoms with Crippen LogP contribution in [0.1, 0.15) is 5.56 Å². The highest BCUT2D eigenvalue weighted by Gasteiger charge is 2.16. The molecule has 6 nitrogen and oxygen atoms in total. The van der Waals surface area contributed by atoms with Crippen molar-refractivity contribution in [3.63, 3.8) is 0 Å². The van der Waals surface area contributed by atoms with E-state index in [1.165, 1.54) is 6.07 Å². The predicted molar refractivity (Wildman–Crippen MR) is 75.9 cm³/mol. The molecule has 2 rings (SSSR count). The Morgan fingerprint density at radius 3 is 2.61 bits per heavy atom. The van der Waals surface area contributed by atoms with E-state index in [-0.39, 0.29) is 5.69 Å². The third-order valence-corrected chi connectivity index (χ3v) is 2.86. The number of aryl methyl sites for hydroxylation is 1. The summed E-state index contributed by atoms with van der Waals surface area (Å²) in [5.74, 6) is 0.341. The molecule has 7 heteroatoms. The molecule has 18 heavy (non-hydrogen) atoms. The lowest BCUT2D eigenvalue weighted by atomic mass is 10.1. The molecule has 1 heterocycles. The number of halogens is 1. The lowest BCUT2D eigenvalue weighted by Gasteiger charge is -2.08. The molecule has 92 valence electrons. The summed E-state index contributed by atoms with van der Waals surface area (Å²) in [6.45, 7) is 1.79. The first kappa shape index (κ1) is 12.7. The Hall–Kier alpha value is -1.77. The molecule has 0 fully saturated rings. The van der Waals surface area contributed by atoms with Gasteiger partial charge >= 0.3 is 0 Å². The molecular weight excluding hydrogens is 347 g/mol. The normalized spacial score (nSPS) is 10.1. The number of nitro benzene ring substituents is 1. The van der Waals surface area contributed by atoms with E-state index in [9.17, 15) is 10.1 Å². The topological polar surface area (TPSA) is 81.0 Å². The SMILES string of the molecule is Cc1cccc([N+](=O)[O-])c1Nc1ncc(I)cn1. The molecule has 0 radical (unpaired) electrons. The number of nitrogens with zero attached hydrogens (tertiary/aromatic N) is 3. The summed E-state index contributed by atoms with van der Waals surface area (Å²) in [5, 5.41) is 13.8. The minimum absolute atomic E-state index is 0.0113. The molecule has 0 bridgehead atoms. The summed E-state index contributed by atoms with van der Waals surface area (Å²) in [6.07, 6.45) is 3.28. The van der Waals surface area contributed by atoms with Crippen LogP contribution in [0, 0.1) is 20.6 Å². The number of nitrogens with one attached hydrogen (secondary N) is 1. The second-order valence-electron chi connectivity index (χ2n) is 3.58. The first-order chi connectivity index (χ1) is 8.58. The molecule has 0 saturated carbocycles. The van der Waals surface area contributed by atoms with Crippen molar-refractivity contribution in [3.8, 4) is 0 Å². The van der Waals surface area contributed by atoms with Crippen molar-refractivity contribution in [3.05, 3.63) is 49.8 Å². The molecule has 0 atom stereocenters. The van der Waals surface area contributed by atoms with E-state index in [0.29, 0.717) is 11.6 Å². The van der Waals surface area contributed by atoms with E-state index in [1.807, 2.05) is 0 Å². The van der Waals surface area contributed by atoms with Crippen LogP contribution in [0.5, 0.6) is 0 Å². The van der Waals surface area contributed by atoms with Crippen LogP contribution in [0.3, 0.4) is 0 Å². The van der Waals surface area contributed by atoms with Crippen molar-refractivity contribution in [2.45, 2.75) is 6.92 Å². The molecule has 0 aliphatic heterocycles. The van der Waals surface area contributed by atoms with E-state index < -0.39 is 4.92 Å². The maximum absolute atomic E-state index is 10.9. The van der Waals surface area contributed by atoms with Crippen molar-refractivity contribution in [2.24, 2.45) is 0 Å². The third-order valence-electron chi connectivity index (χ3n) is 2.30. The second-order valence-corrected chi connectivity index (χ2v) is 4.82. The summed E-state index contributed by atoms with van der Waals surface area (Å²) < 4.78 is 0.900. The molecule has 1 N–H and O–H groups in total. The first-order valence-corrected chi connectivity index (χ1v) is 6.14. The van der Waals surface area contributed by atoms with Crippen LogP contribution in [-0.4, -0.2) is 14.9 Å². The van der Waals surface area contributed by atoms with E-state index in [4.69, 9.17) is 0 Å². The number of hydrogen-bond acceptors (Lipinski definition) is 5. The van der Waals surface area contributed by atoms with Gasteiger partial charge in [0.15, 0.2) is 0 Å². The van der Waals surface area contributed by atoms with Crippen LogP contribution in [0.2, 0.25) is 0 Å². The zero-order valence-corrected chi connectivity index (χ0v) is 11.6. The molecule has 1 aromatic heterocycles. The maximum atomic E-state index is 10.9. The van der Waals surface area contributed by atoms with Crippen molar-refractivity contribution in [1.82, 2.24) is 9.97 Å². The lowest BCUT2D eigenvalue weighted by Crippen LogP contribution is -2.02. The highest BCUT2D eigenvalue weighted by Crippen LogP contribution is 2.29. The zero-order chi connectivity index (χ0) is 13.1. The molecule has 0 saturated heterocycles. The van der Waals surface area contributed by atoms with Gasteiger partial charge < -0.3 is 5.32 Å². The van der Waals surface area contributed by atoms with Gasteiger partial charge in [0, 0.05) is 22.0 Å². The standard InChI is InChI=1S/C11H9IN4O2/c1-7-3-2-4-9(16(17)18)10(7)15-11-13-5-8(12)6-14-11/h2-6H,1H3,(H,13,14,15). The summed E-state index contributed by atoms with van der Waals surface area (Å²) in [7, 11) is 0. The Morgan fingerprint density at radius 1 is 1.33 bits per heavy atom. The average Bonchev–Trinajstić information content (AvgIpc) is 2.34. The molecule has 0 aliphatic rings. The molecule has 1 aromatic carbocycles. The van der Waals surface area contributed by atoms with Gasteiger partial charge in [0.05, 0.1) is 4.92 Å². The Balaban J connectivity index is 2.39. The molecule has 2 aromatic rings. The first-order valence-electron chi connectivity index (χ1n) is 5.06. The van der Waals surface area contributed by atoms with E-state index in [1.54, 1.807) is 31.5 Å². The fourth-order valence-corrected chi connectivity index (χ4v) is 1.73. The smallest absolute Gasteiger partial charge is 0.293 e. The van der Waals surface area contributed by atoms with E-state index in [2.05, 4.69) is 37.9 Å². The van der Waals surface area contributed by atoms with Crippen LogP contribution >= 0.6 is 22.6 Å². The van der Waals surface area contributed by atoms with Crippen LogP contribution in [0.25, 0.3) is 0 Å². The number of para-hydroxylation sites is 1. The van der Waals surface area contributed by atoms with Gasteiger partial charge in [-0.3, -0.25) is 10.1 Å². The monoisotopic (exact) mass is 356 g/mol. The van der Waals surface area contributed by atoms with Gasteiger partial charge in [-0.05, 0) is 35.1 Å². The van der Waals surface area contributed by atoms with Crippen LogP contribution in [-0.2, 0) is 0 Å². The van der Waals surface area contributed by atoms with Gasteiger partial charge in [-0.25, -0.2) is 9.97 Å². The van der Waals surface area contributed by atoms with Crippen LogP contribution in [0.4, 0.5) is 17.3 Å². The molecule has 0 unspecified atom stereocenters. The number of anilines is 2. The van der Waals surface area contributed by atoms with Gasteiger partial charge in [-0.15, -0.1) is 0 Å². The van der Waals surface area contributed by atoms with Gasteiger partial charge in [-0.2, -0.15) is 0 Å². The Morgan fingerprint density at radius 2 is 2.00 bits per heavy atom. The van der Waals surface area contributed by atoms with E-state index in [0.717, 1.165) is 9.13 Å². The van der Waals surface area contributed by atoms with Gasteiger partial charge in [0.2, 0.25) is 5.95 Å². The highest BCUT2D eigenvalue weighted by atomic mass is 127. The van der Waals surface area contributed by atoms with Gasteiger partial charge in [0.25, 0.3) is 5.69 Å². The summed E-state index contributed by atoms with van der Waals surface area (Å²) in [5.41, 5.74) is 1.20. The van der Waals surface area contributed by atoms with Crippen LogP contribution < -0.4 is 5.32 Å². The summed E-state index contributed by atoms with van der Waals surface area (Å²) in [6, 6.07) is 4.89. The Bertz CT molecular complexity index is 586. The number of aromatic nitrogens is 2. The number of benzene rings is 1. The Labute approximate surface area is 117 Å². The molecule has 0 amide bonds. The van der Waals surface area contributed by atoms with Gasteiger partial charge in [0.1, 0.15) is 5.69 Å². The Kier molecular flexibility index (Phi) is 3.70. The number of nitro groups is 1. The predicted octanol–water partition coefficient (Wildman–Crippen LogP) is 3.04. The minimum Gasteiger partial charge on any atom is -0.318 e. The van der Waals surface area contributed by atoms with Crippen molar-refractivity contribution in [1.29, 1.82) is 0 Å². The summed E-state index contributed by atoms with van der Waals surface area (Å²) in [4.78, 5) is 18.6. The largest absolute Gasteiger partial charge is 0.318 e. The van der Waals surface area contributed by atoms with Crippen molar-refractivity contribution < 1.29 is 4.92 Å². The van der Waals surface area contributed by atoms with Crippen LogP contribution in [0.15, 0.2) is 30.6 Å². The molecular formula is C11H9IN4O2. The average molecular weight is 356 g/mol. The minimum atomic E-state index is -0.429. The molecule has 0 spiro atoms. The zero-order valence-electron chi connectivity index (χ0n) is 9.42. The summed E-state index contributed by atoms with van der Waals surface area (Å²) >= 11 is 2.09. The molecule has 0 aliphatic carbocycles. The highest BCUT2D eigenvalue weighted by molar-refractivity contribution is 14.1. The van der Waals surface area contributed by atoms with Crippen molar-refractivity contribution >= 4 is 39.9 Å². The lowest BCUT2D eigenvalue weighted by molar-refractivity contribution is -0.384. The van der Waals surface area contributed by atoms with Crippen molar-refractivity contribution in [2.75, 3.05) is 5.32 Å². The third kappa shape index (κ3) is 2.73. The maximum Gasteiger partial charge on any atom is 0.293 e. The number of hydrogen-bond donors (Lipinski definition) is 1. The second kappa shape index (κ2) is 5.25.